The maximum absolute atomic E-state index is 11.6. The van der Waals surface area contributed by atoms with Gasteiger partial charge in [-0.15, -0.1) is 0 Å². The smallest absolute Gasteiger partial charge is 0.248 e. The number of hydrogen-bond acceptors (Lipinski definition) is 3. The van der Waals surface area contributed by atoms with Crippen LogP contribution in [0.4, 0.5) is 0 Å². The first-order valence-corrected chi connectivity index (χ1v) is 9.75. The molecule has 0 aliphatic heterocycles. The summed E-state index contributed by atoms with van der Waals surface area (Å²) in [5.41, 5.74) is 11.2. The van der Waals surface area contributed by atoms with Crippen molar-refractivity contribution < 1.29 is 4.79 Å². The number of rotatable bonds is 7. The molecule has 3 aromatic carbocycles. The number of carbonyl (C=O) groups is 1. The highest BCUT2D eigenvalue weighted by Gasteiger charge is 2.14. The fourth-order valence-corrected chi connectivity index (χ4v) is 3.46. The van der Waals surface area contributed by atoms with Crippen molar-refractivity contribution in [2.45, 2.75) is 19.9 Å². The first-order valence-electron chi connectivity index (χ1n) is 9.75. The molecule has 5 heteroatoms. The Morgan fingerprint density at radius 1 is 1.03 bits per heavy atom. The number of imidazole rings is 1. The van der Waals surface area contributed by atoms with Crippen molar-refractivity contribution in [1.29, 1.82) is 0 Å². The molecule has 0 radical (unpaired) electrons. The molecule has 1 heterocycles. The van der Waals surface area contributed by atoms with Crippen molar-refractivity contribution >= 4 is 16.9 Å². The fourth-order valence-electron chi connectivity index (χ4n) is 3.46. The van der Waals surface area contributed by atoms with Crippen molar-refractivity contribution in [3.05, 3.63) is 95.3 Å². The van der Waals surface area contributed by atoms with Crippen LogP contribution in [0, 0.1) is 6.92 Å². The first kappa shape index (κ1) is 18.9. The van der Waals surface area contributed by atoms with Crippen LogP contribution in [0.1, 0.15) is 27.3 Å². The molecule has 1 aromatic heterocycles. The van der Waals surface area contributed by atoms with Gasteiger partial charge in [0.15, 0.2) is 0 Å². The number of nitrogens with zero attached hydrogens (tertiary/aromatic N) is 2. The number of benzene rings is 3. The van der Waals surface area contributed by atoms with E-state index >= 15 is 0 Å². The molecule has 0 unspecified atom stereocenters. The molecule has 4 rings (SSSR count). The maximum atomic E-state index is 11.6. The van der Waals surface area contributed by atoms with Crippen LogP contribution in [0.3, 0.4) is 0 Å². The van der Waals surface area contributed by atoms with Crippen LogP contribution in [0.5, 0.6) is 0 Å². The van der Waals surface area contributed by atoms with Gasteiger partial charge in [0.05, 0.1) is 17.6 Å². The lowest BCUT2D eigenvalue weighted by Gasteiger charge is -2.11. The molecular weight excluding hydrogens is 360 g/mol. The van der Waals surface area contributed by atoms with E-state index in [0.717, 1.165) is 35.5 Å². The Morgan fingerprint density at radius 2 is 1.79 bits per heavy atom. The third-order valence-corrected chi connectivity index (χ3v) is 5.02. The minimum Gasteiger partial charge on any atom is -0.366 e. The largest absolute Gasteiger partial charge is 0.366 e. The van der Waals surface area contributed by atoms with Crippen molar-refractivity contribution in [2.24, 2.45) is 5.73 Å². The summed E-state index contributed by atoms with van der Waals surface area (Å²) in [5, 5.41) is 3.50. The van der Waals surface area contributed by atoms with Gasteiger partial charge in [-0.3, -0.25) is 9.36 Å². The Labute approximate surface area is 170 Å². The number of nitrogens with one attached hydrogen (secondary N) is 1. The highest BCUT2D eigenvalue weighted by molar-refractivity contribution is 5.96. The summed E-state index contributed by atoms with van der Waals surface area (Å²) >= 11 is 0. The van der Waals surface area contributed by atoms with Gasteiger partial charge in [0, 0.05) is 11.3 Å². The number of carbonyl (C=O) groups excluding carboxylic acids is 1. The average Bonchev–Trinajstić information content (AvgIpc) is 3.10. The zero-order valence-electron chi connectivity index (χ0n) is 16.4. The zero-order chi connectivity index (χ0) is 20.2. The molecule has 1 amide bonds. The van der Waals surface area contributed by atoms with Crippen LogP contribution < -0.4 is 11.1 Å². The second-order valence-corrected chi connectivity index (χ2v) is 7.18. The molecule has 0 spiro atoms. The minimum absolute atomic E-state index is 0.445. The Bertz CT molecular complexity index is 1130. The van der Waals surface area contributed by atoms with Gasteiger partial charge in [-0.25, -0.2) is 4.98 Å². The summed E-state index contributed by atoms with van der Waals surface area (Å²) < 4.78 is 2.13. The fraction of sp³-hybridized carbons (Fsp3) is 0.167. The van der Waals surface area contributed by atoms with E-state index < -0.39 is 5.91 Å². The third-order valence-electron chi connectivity index (χ3n) is 5.02. The average molecular weight is 384 g/mol. The van der Waals surface area contributed by atoms with Crippen LogP contribution in [0.25, 0.3) is 16.7 Å². The molecule has 146 valence electrons. The summed E-state index contributed by atoms with van der Waals surface area (Å²) in [4.78, 5) is 16.4. The number of aryl methyl sites for hydroxylation is 1. The standard InChI is InChI=1S/C24H24N4O/c1-17-7-10-20(11-8-17)28-22-12-9-19(24(25)29)15-21(22)27-23(28)16-26-14-13-18-5-3-2-4-6-18/h2-12,15,26H,13-14,16H2,1H3,(H2,25,29). The van der Waals surface area contributed by atoms with Crippen LogP contribution in [-0.4, -0.2) is 22.0 Å². The highest BCUT2D eigenvalue weighted by atomic mass is 16.1. The number of nitrogens with two attached hydrogens (primary N) is 1. The van der Waals surface area contributed by atoms with Gasteiger partial charge in [0.2, 0.25) is 5.91 Å². The van der Waals surface area contributed by atoms with E-state index in [2.05, 4.69) is 65.3 Å². The quantitative estimate of drug-likeness (QED) is 0.477. The molecule has 0 fully saturated rings. The second kappa shape index (κ2) is 8.29. The van der Waals surface area contributed by atoms with E-state index in [0.29, 0.717) is 12.1 Å². The maximum Gasteiger partial charge on any atom is 0.248 e. The van der Waals surface area contributed by atoms with E-state index in [1.165, 1.54) is 11.1 Å². The Morgan fingerprint density at radius 3 is 2.52 bits per heavy atom. The SMILES string of the molecule is Cc1ccc(-n2c(CNCCc3ccccc3)nc3cc(C(N)=O)ccc32)cc1. The van der Waals surface area contributed by atoms with E-state index in [4.69, 9.17) is 10.7 Å². The van der Waals surface area contributed by atoms with Gasteiger partial charge in [-0.2, -0.15) is 0 Å². The van der Waals surface area contributed by atoms with Crippen LogP contribution in [0.15, 0.2) is 72.8 Å². The van der Waals surface area contributed by atoms with Crippen LogP contribution in [0.2, 0.25) is 0 Å². The lowest BCUT2D eigenvalue weighted by molar-refractivity contribution is 0.100. The van der Waals surface area contributed by atoms with Gasteiger partial charge in [-0.1, -0.05) is 48.0 Å². The molecule has 0 saturated carbocycles. The summed E-state index contributed by atoms with van der Waals surface area (Å²) in [6.07, 6.45) is 0.956. The molecule has 5 nitrogen and oxygen atoms in total. The van der Waals surface area contributed by atoms with Crippen molar-refractivity contribution in [3.63, 3.8) is 0 Å². The number of aromatic nitrogens is 2. The predicted molar refractivity (Wildman–Crippen MR) is 116 cm³/mol. The summed E-state index contributed by atoms with van der Waals surface area (Å²) in [5.74, 6) is 0.456. The topological polar surface area (TPSA) is 72.9 Å². The normalized spacial score (nSPS) is 11.1. The molecule has 29 heavy (non-hydrogen) atoms. The van der Waals surface area contributed by atoms with Crippen molar-refractivity contribution in [1.82, 2.24) is 14.9 Å². The summed E-state index contributed by atoms with van der Waals surface area (Å²) in [6, 6.07) is 24.2. The number of amides is 1. The monoisotopic (exact) mass is 384 g/mol. The lowest BCUT2D eigenvalue weighted by Crippen LogP contribution is -2.19. The molecule has 0 aliphatic carbocycles. The zero-order valence-corrected chi connectivity index (χ0v) is 16.4. The van der Waals surface area contributed by atoms with Crippen molar-refractivity contribution in [2.75, 3.05) is 6.54 Å². The van der Waals surface area contributed by atoms with Gasteiger partial charge < -0.3 is 11.1 Å². The Kier molecular flexibility index (Phi) is 5.40. The second-order valence-electron chi connectivity index (χ2n) is 7.18. The van der Waals surface area contributed by atoms with Gasteiger partial charge in [0.25, 0.3) is 0 Å². The van der Waals surface area contributed by atoms with Gasteiger partial charge in [-0.05, 0) is 55.8 Å². The summed E-state index contributed by atoms with van der Waals surface area (Å²) in [6.45, 7) is 3.55. The lowest BCUT2D eigenvalue weighted by atomic mass is 10.1. The van der Waals surface area contributed by atoms with Crippen LogP contribution >= 0.6 is 0 Å². The number of primary amides is 1. The molecule has 3 N–H and O–H groups in total. The van der Waals surface area contributed by atoms with Gasteiger partial charge in [0.1, 0.15) is 5.82 Å². The highest BCUT2D eigenvalue weighted by Crippen LogP contribution is 2.23. The number of hydrogen-bond donors (Lipinski definition) is 2. The van der Waals surface area contributed by atoms with E-state index in [1.807, 2.05) is 12.1 Å². The molecule has 0 bridgehead atoms. The van der Waals surface area contributed by atoms with E-state index in [9.17, 15) is 4.79 Å². The molecule has 4 aromatic rings. The van der Waals surface area contributed by atoms with E-state index in [-0.39, 0.29) is 0 Å². The summed E-state index contributed by atoms with van der Waals surface area (Å²) in [7, 11) is 0. The molecule has 0 atom stereocenters. The predicted octanol–water partition coefficient (Wildman–Crippen LogP) is 3.77. The molecular formula is C24H24N4O. The number of fused-ring (bicyclic) bond motifs is 1. The van der Waals surface area contributed by atoms with E-state index in [1.54, 1.807) is 12.1 Å². The van der Waals surface area contributed by atoms with Gasteiger partial charge >= 0.3 is 0 Å². The molecule has 0 saturated heterocycles. The third kappa shape index (κ3) is 4.20. The van der Waals surface area contributed by atoms with Crippen molar-refractivity contribution in [3.8, 4) is 5.69 Å². The first-order chi connectivity index (χ1) is 14.1. The van der Waals surface area contributed by atoms with Crippen LogP contribution in [-0.2, 0) is 13.0 Å². The molecule has 0 aliphatic rings. The minimum atomic E-state index is -0.445. The Hall–Kier alpha value is -3.44. The Balaban J connectivity index is 1.62.